The Morgan fingerprint density at radius 3 is 2.20 bits per heavy atom. The van der Waals surface area contributed by atoms with Gasteiger partial charge in [0.2, 0.25) is 0 Å². The molecule has 0 spiro atoms. The summed E-state index contributed by atoms with van der Waals surface area (Å²) in [5.41, 5.74) is 0.140. The van der Waals surface area contributed by atoms with E-state index in [-0.39, 0.29) is 5.41 Å². The monoisotopic (exact) mass is 216 g/mol. The lowest BCUT2D eigenvalue weighted by atomic mass is 9.71. The van der Waals surface area contributed by atoms with Crippen molar-refractivity contribution in [3.8, 4) is 0 Å². The molecule has 0 amide bonds. The van der Waals surface area contributed by atoms with Crippen LogP contribution in [0.2, 0.25) is 0 Å². The van der Waals surface area contributed by atoms with Gasteiger partial charge in [-0.05, 0) is 29.7 Å². The van der Waals surface area contributed by atoms with Gasteiger partial charge in [-0.25, -0.2) is 0 Å². The molecule has 0 saturated heterocycles. The Morgan fingerprint density at radius 1 is 1.27 bits per heavy atom. The molecule has 0 bridgehead atoms. The van der Waals surface area contributed by atoms with E-state index in [1.54, 1.807) is 0 Å². The lowest BCUT2D eigenvalue weighted by molar-refractivity contribution is 0.160. The molecule has 1 aliphatic rings. The van der Waals surface area contributed by atoms with Crippen LogP contribution >= 0.6 is 0 Å². The first-order valence-corrected chi connectivity index (χ1v) is 5.92. The van der Waals surface area contributed by atoms with Gasteiger partial charge < -0.3 is 0 Å². The van der Waals surface area contributed by atoms with Crippen molar-refractivity contribution >= 4 is 0 Å². The largest absolute Gasteiger partial charge is 0.266 e. The van der Waals surface area contributed by atoms with Gasteiger partial charge in [-0.15, -0.1) is 0 Å². The maximum Gasteiger partial charge on any atom is 0.266 e. The van der Waals surface area contributed by atoms with Crippen LogP contribution in [-0.2, 0) is 0 Å². The highest BCUT2D eigenvalue weighted by molar-refractivity contribution is 4.91. The summed E-state index contributed by atoms with van der Waals surface area (Å²) in [5.74, 6) is 1.06. The second kappa shape index (κ2) is 5.09. The summed E-state index contributed by atoms with van der Waals surface area (Å²) in [5, 5.41) is 0. The van der Waals surface area contributed by atoms with E-state index in [1.165, 1.54) is 25.7 Å². The smallest absolute Gasteiger partial charge is 0.174 e. The summed E-state index contributed by atoms with van der Waals surface area (Å²) in [6.07, 6.45) is 5.12. The number of rotatable bonds is 3. The molecule has 0 nitrogen and oxygen atoms in total. The van der Waals surface area contributed by atoms with Gasteiger partial charge in [-0.2, -0.15) is 8.78 Å². The number of hydrogen-bond donors (Lipinski definition) is 0. The molecule has 1 saturated carbocycles. The van der Waals surface area contributed by atoms with Crippen molar-refractivity contribution in [3.63, 3.8) is 0 Å². The van der Waals surface area contributed by atoms with E-state index in [0.717, 1.165) is 6.08 Å². The van der Waals surface area contributed by atoms with E-state index in [1.807, 2.05) is 0 Å². The van der Waals surface area contributed by atoms with E-state index in [0.29, 0.717) is 18.3 Å². The summed E-state index contributed by atoms with van der Waals surface area (Å²) in [6.45, 7) is 6.50. The molecule has 2 heteroatoms. The maximum atomic E-state index is 12.1. The van der Waals surface area contributed by atoms with Crippen molar-refractivity contribution in [2.75, 3.05) is 0 Å². The van der Waals surface area contributed by atoms with Gasteiger partial charge in [0, 0.05) is 0 Å². The summed E-state index contributed by atoms with van der Waals surface area (Å²) in [6, 6.07) is 0. The third-order valence-corrected chi connectivity index (χ3v) is 3.61. The van der Waals surface area contributed by atoms with Gasteiger partial charge >= 0.3 is 0 Å². The average molecular weight is 216 g/mol. The molecule has 0 aliphatic heterocycles. The van der Waals surface area contributed by atoms with Crippen molar-refractivity contribution in [2.45, 2.75) is 52.9 Å². The van der Waals surface area contributed by atoms with Gasteiger partial charge in [0.15, 0.2) is 0 Å². The maximum absolute atomic E-state index is 12.1. The lowest BCUT2D eigenvalue weighted by Gasteiger charge is -2.34. The zero-order valence-electron chi connectivity index (χ0n) is 10.0. The van der Waals surface area contributed by atoms with Crippen LogP contribution in [0.5, 0.6) is 0 Å². The minimum atomic E-state index is -1.53. The summed E-state index contributed by atoms with van der Waals surface area (Å²) < 4.78 is 24.3. The van der Waals surface area contributed by atoms with E-state index in [9.17, 15) is 8.78 Å². The van der Waals surface area contributed by atoms with Crippen LogP contribution < -0.4 is 0 Å². The van der Waals surface area contributed by atoms with Gasteiger partial charge in [0.1, 0.15) is 0 Å². The van der Waals surface area contributed by atoms with E-state index in [4.69, 9.17) is 0 Å². The molecule has 0 radical (unpaired) electrons. The molecule has 0 aromatic rings. The van der Waals surface area contributed by atoms with Crippen LogP contribution in [0.1, 0.15) is 52.9 Å². The molecule has 1 atom stereocenters. The van der Waals surface area contributed by atoms with Gasteiger partial charge in [0.25, 0.3) is 6.08 Å². The van der Waals surface area contributed by atoms with Crippen molar-refractivity contribution < 1.29 is 8.78 Å². The topological polar surface area (TPSA) is 0 Å². The number of hydrogen-bond acceptors (Lipinski definition) is 0. The zero-order chi connectivity index (χ0) is 11.5. The molecule has 15 heavy (non-hydrogen) atoms. The highest BCUT2D eigenvalue weighted by Gasteiger charge is 2.32. The Hall–Kier alpha value is -0.400. The van der Waals surface area contributed by atoms with Crippen LogP contribution in [0.3, 0.4) is 0 Å². The molecule has 0 aromatic carbocycles. The zero-order valence-corrected chi connectivity index (χ0v) is 10.0. The summed E-state index contributed by atoms with van der Waals surface area (Å²) in [7, 11) is 0. The first-order valence-electron chi connectivity index (χ1n) is 5.92. The normalized spacial score (nSPS) is 20.3. The summed E-state index contributed by atoms with van der Waals surface area (Å²) in [4.78, 5) is 0. The molecule has 0 N–H and O–H groups in total. The molecule has 0 aromatic heterocycles. The van der Waals surface area contributed by atoms with Crippen molar-refractivity contribution in [3.05, 3.63) is 12.2 Å². The first-order chi connectivity index (χ1) is 6.91. The van der Waals surface area contributed by atoms with E-state index in [2.05, 4.69) is 20.8 Å². The predicted molar refractivity (Wildman–Crippen MR) is 59.8 cm³/mol. The van der Waals surface area contributed by atoms with Gasteiger partial charge in [-0.3, -0.25) is 0 Å². The van der Waals surface area contributed by atoms with Crippen LogP contribution in [-0.4, -0.2) is 0 Å². The van der Waals surface area contributed by atoms with E-state index >= 15 is 0 Å². The minimum absolute atomic E-state index is 0.140. The third kappa shape index (κ3) is 3.92. The predicted octanol–water partition coefficient (Wildman–Crippen LogP) is 5.01. The van der Waals surface area contributed by atoms with Gasteiger partial charge in [-0.1, -0.05) is 46.5 Å². The Labute approximate surface area is 91.8 Å². The standard InChI is InChI=1S/C13H22F2/c1-13(2,3)11(8-9-12(14)15)10-6-4-5-7-10/h9-11H,4-8H2,1-3H3. The van der Waals surface area contributed by atoms with Gasteiger partial charge in [0.05, 0.1) is 0 Å². The van der Waals surface area contributed by atoms with Crippen molar-refractivity contribution in [1.29, 1.82) is 0 Å². The van der Waals surface area contributed by atoms with E-state index < -0.39 is 6.08 Å². The third-order valence-electron chi connectivity index (χ3n) is 3.61. The second-order valence-electron chi connectivity index (χ2n) is 5.75. The number of allylic oxidation sites excluding steroid dienone is 1. The highest BCUT2D eigenvalue weighted by Crippen LogP contribution is 2.43. The molecule has 1 aliphatic carbocycles. The Balaban J connectivity index is 2.64. The van der Waals surface area contributed by atoms with Crippen LogP contribution in [0, 0.1) is 17.3 Å². The highest BCUT2D eigenvalue weighted by atomic mass is 19.3. The molecule has 1 rings (SSSR count). The Kier molecular flexibility index (Phi) is 4.30. The quantitative estimate of drug-likeness (QED) is 0.622. The van der Waals surface area contributed by atoms with Crippen LogP contribution in [0.15, 0.2) is 12.2 Å². The Morgan fingerprint density at radius 2 is 1.80 bits per heavy atom. The SMILES string of the molecule is CC(C)(C)C(CC=C(F)F)C1CCCC1. The fraction of sp³-hybridized carbons (Fsp3) is 0.846. The molecule has 1 unspecified atom stereocenters. The van der Waals surface area contributed by atoms with Crippen LogP contribution in [0.4, 0.5) is 8.78 Å². The fourth-order valence-corrected chi connectivity index (χ4v) is 2.83. The minimum Gasteiger partial charge on any atom is -0.174 e. The molecular weight excluding hydrogens is 194 g/mol. The van der Waals surface area contributed by atoms with Crippen molar-refractivity contribution in [2.24, 2.45) is 17.3 Å². The number of halogens is 2. The van der Waals surface area contributed by atoms with Crippen molar-refractivity contribution in [1.82, 2.24) is 0 Å². The molecular formula is C13H22F2. The Bertz CT molecular complexity index is 215. The van der Waals surface area contributed by atoms with Crippen LogP contribution in [0.25, 0.3) is 0 Å². The second-order valence-corrected chi connectivity index (χ2v) is 5.75. The first kappa shape index (κ1) is 12.7. The fourth-order valence-electron chi connectivity index (χ4n) is 2.83. The molecule has 88 valence electrons. The average Bonchev–Trinajstić information content (AvgIpc) is 2.54. The molecule has 1 fully saturated rings. The molecule has 0 heterocycles. The lowest BCUT2D eigenvalue weighted by Crippen LogP contribution is -2.26. The summed E-state index contributed by atoms with van der Waals surface area (Å²) >= 11 is 0.